The van der Waals surface area contributed by atoms with Gasteiger partial charge in [-0.05, 0) is 6.42 Å². The van der Waals surface area contributed by atoms with Gasteiger partial charge in [0, 0.05) is 41.7 Å². The van der Waals surface area contributed by atoms with Crippen molar-refractivity contribution >= 4 is 32.6 Å². The lowest BCUT2D eigenvalue weighted by atomic mass is 10.2. The molecule has 8 nitrogen and oxygen atoms in total. The molecule has 20 heavy (non-hydrogen) atoms. The van der Waals surface area contributed by atoms with E-state index >= 15 is 0 Å². The number of carbonyl (C=O) groups excluding carboxylic acids is 1. The second-order valence-electron chi connectivity index (χ2n) is 4.59. The summed E-state index contributed by atoms with van der Waals surface area (Å²) in [5.74, 6) is -0.848. The molecule has 0 aliphatic carbocycles. The highest BCUT2D eigenvalue weighted by Gasteiger charge is 2.26. The maximum atomic E-state index is 11.8. The zero-order chi connectivity index (χ0) is 15.3. The smallest absolute Gasteiger partial charge is 0.326 e. The maximum absolute atomic E-state index is 11.8. The molecule has 0 aromatic carbocycles. The summed E-state index contributed by atoms with van der Waals surface area (Å²) in [7, 11) is -4.22. The molecule has 1 rings (SSSR count). The average molecular weight is 326 g/mol. The first-order valence-corrected chi connectivity index (χ1v) is 9.55. The molecule has 1 aliphatic heterocycles. The summed E-state index contributed by atoms with van der Waals surface area (Å²) in [5, 5.41) is 11.3. The fourth-order valence-corrected chi connectivity index (χ4v) is 3.39. The second-order valence-corrected chi connectivity index (χ2v) is 8.55. The average Bonchev–Trinajstić information content (AvgIpc) is 2.33. The lowest BCUT2D eigenvalue weighted by Gasteiger charge is -2.28. The van der Waals surface area contributed by atoms with E-state index < -0.39 is 38.7 Å². The topological polar surface area (TPSA) is 121 Å². The van der Waals surface area contributed by atoms with Crippen LogP contribution in [0.3, 0.4) is 0 Å². The van der Waals surface area contributed by atoms with Crippen LogP contribution in [0.5, 0.6) is 0 Å². The van der Waals surface area contributed by atoms with Crippen LogP contribution in [-0.2, 0) is 25.4 Å². The van der Waals surface area contributed by atoms with Crippen LogP contribution in [0, 0.1) is 0 Å². The zero-order valence-corrected chi connectivity index (χ0v) is 12.7. The summed E-state index contributed by atoms with van der Waals surface area (Å²) in [6, 6.07) is -1.81. The lowest BCUT2D eigenvalue weighted by Crippen LogP contribution is -2.52. The molecule has 1 atom stereocenters. The number of carboxylic acid groups (broad SMARTS) is 1. The fraction of sp³-hybridized carbons (Fsp3) is 0.800. The Morgan fingerprint density at radius 3 is 2.35 bits per heavy atom. The van der Waals surface area contributed by atoms with Crippen molar-refractivity contribution in [2.75, 3.05) is 36.6 Å². The number of sulfone groups is 1. The summed E-state index contributed by atoms with van der Waals surface area (Å²) in [5.41, 5.74) is 0. The van der Waals surface area contributed by atoms with E-state index in [1.54, 1.807) is 0 Å². The Bertz CT molecular complexity index is 494. The largest absolute Gasteiger partial charge is 0.480 e. The molecule has 1 aliphatic rings. The van der Waals surface area contributed by atoms with E-state index in [9.17, 15) is 22.2 Å². The summed E-state index contributed by atoms with van der Waals surface area (Å²) in [6.45, 7) is 0.605. The van der Waals surface area contributed by atoms with E-state index in [-0.39, 0.29) is 12.2 Å². The van der Waals surface area contributed by atoms with Crippen LogP contribution in [0.1, 0.15) is 6.42 Å². The third-order valence-corrected chi connectivity index (χ3v) is 5.09. The van der Waals surface area contributed by atoms with Gasteiger partial charge >= 0.3 is 12.0 Å². The van der Waals surface area contributed by atoms with Crippen molar-refractivity contribution in [1.29, 1.82) is 0 Å². The number of carboxylic acids is 1. The van der Waals surface area contributed by atoms with Crippen LogP contribution >= 0.6 is 0 Å². The van der Waals surface area contributed by atoms with Crippen molar-refractivity contribution in [1.82, 2.24) is 10.2 Å². The molecule has 0 radical (unpaired) electrons. The molecule has 0 aromatic heterocycles. The van der Waals surface area contributed by atoms with Crippen LogP contribution in [0.25, 0.3) is 0 Å². The summed E-state index contributed by atoms with van der Waals surface area (Å²) in [6.07, 6.45) is 0.827. The summed E-state index contributed by atoms with van der Waals surface area (Å²) < 4.78 is 33.2. The number of carbonyl (C=O) groups is 2. The number of amides is 2. The van der Waals surface area contributed by atoms with Crippen molar-refractivity contribution in [3.8, 4) is 0 Å². The van der Waals surface area contributed by atoms with Gasteiger partial charge in [-0.1, -0.05) is 0 Å². The molecule has 0 bridgehead atoms. The van der Waals surface area contributed by atoms with Gasteiger partial charge in [-0.15, -0.1) is 0 Å². The highest BCUT2D eigenvalue weighted by atomic mass is 32.2. The second kappa shape index (κ2) is 7.02. The standard InChI is InChI=1S/C10H18N2O6S2/c1-20(17,18)7-2-8(9(13)14)11-10(15)12-3-5-19(16)6-4-12/h8H,2-7H2,1H3,(H,11,15)(H,13,14). The van der Waals surface area contributed by atoms with Crippen LogP contribution < -0.4 is 5.32 Å². The SMILES string of the molecule is CS(=O)(=O)CCC(NC(=O)N1CCS(=O)CC1)C(=O)O. The normalized spacial score (nSPS) is 18.6. The molecule has 0 saturated carbocycles. The van der Waals surface area contributed by atoms with Gasteiger partial charge in [-0.25, -0.2) is 18.0 Å². The molecule has 10 heteroatoms. The fourth-order valence-electron chi connectivity index (χ4n) is 1.67. The Morgan fingerprint density at radius 2 is 1.90 bits per heavy atom. The first-order chi connectivity index (χ1) is 9.19. The van der Waals surface area contributed by atoms with E-state index in [2.05, 4.69) is 5.32 Å². The van der Waals surface area contributed by atoms with Gasteiger partial charge in [0.05, 0.1) is 5.75 Å². The van der Waals surface area contributed by atoms with Gasteiger partial charge in [-0.2, -0.15) is 0 Å². The first kappa shape index (κ1) is 16.9. The number of hydrogen-bond donors (Lipinski definition) is 2. The minimum atomic E-state index is -3.29. The molecule has 0 aromatic rings. The summed E-state index contributed by atoms with van der Waals surface area (Å²) in [4.78, 5) is 24.2. The Morgan fingerprint density at radius 1 is 1.35 bits per heavy atom. The first-order valence-electron chi connectivity index (χ1n) is 6.00. The van der Waals surface area contributed by atoms with Crippen molar-refractivity contribution in [2.45, 2.75) is 12.5 Å². The number of rotatable bonds is 5. The predicted molar refractivity (Wildman–Crippen MR) is 73.7 cm³/mol. The Balaban J connectivity index is 2.54. The van der Waals surface area contributed by atoms with Gasteiger partial charge in [0.2, 0.25) is 0 Å². The zero-order valence-electron chi connectivity index (χ0n) is 11.1. The maximum Gasteiger partial charge on any atom is 0.326 e. The number of aliphatic carboxylic acids is 1. The molecule has 2 amide bonds. The quantitative estimate of drug-likeness (QED) is 0.644. The molecular weight excluding hydrogens is 308 g/mol. The van der Waals surface area contributed by atoms with Gasteiger partial charge in [0.25, 0.3) is 0 Å². The Kier molecular flexibility index (Phi) is 5.93. The number of nitrogens with zero attached hydrogens (tertiary/aromatic N) is 1. The third kappa shape index (κ3) is 5.87. The molecule has 116 valence electrons. The van der Waals surface area contributed by atoms with E-state index in [4.69, 9.17) is 5.11 Å². The Hall–Kier alpha value is -1.16. The van der Waals surface area contributed by atoms with Gasteiger partial charge in [0.1, 0.15) is 15.9 Å². The predicted octanol–water partition coefficient (Wildman–Crippen LogP) is -1.35. The van der Waals surface area contributed by atoms with Gasteiger partial charge in [0.15, 0.2) is 0 Å². The van der Waals surface area contributed by atoms with Crippen molar-refractivity contribution in [3.63, 3.8) is 0 Å². The highest BCUT2D eigenvalue weighted by molar-refractivity contribution is 7.90. The number of hydrogen-bond acceptors (Lipinski definition) is 5. The van der Waals surface area contributed by atoms with E-state index in [1.165, 1.54) is 4.90 Å². The van der Waals surface area contributed by atoms with Crippen LogP contribution in [0.4, 0.5) is 4.79 Å². The van der Waals surface area contributed by atoms with E-state index in [0.717, 1.165) is 6.26 Å². The number of nitrogens with one attached hydrogen (secondary N) is 1. The molecule has 2 N–H and O–H groups in total. The highest BCUT2D eigenvalue weighted by Crippen LogP contribution is 2.03. The molecule has 1 fully saturated rings. The minimum Gasteiger partial charge on any atom is -0.480 e. The Labute approximate surface area is 119 Å². The van der Waals surface area contributed by atoms with Crippen molar-refractivity contribution in [3.05, 3.63) is 0 Å². The van der Waals surface area contributed by atoms with Crippen LogP contribution in [0.15, 0.2) is 0 Å². The third-order valence-electron chi connectivity index (χ3n) is 2.84. The minimum absolute atomic E-state index is 0.181. The van der Waals surface area contributed by atoms with Crippen molar-refractivity contribution < 1.29 is 27.3 Å². The molecular formula is C10H18N2O6S2. The van der Waals surface area contributed by atoms with Gasteiger partial charge < -0.3 is 15.3 Å². The molecule has 1 unspecified atom stereocenters. The number of urea groups is 1. The van der Waals surface area contributed by atoms with Crippen LogP contribution in [0.2, 0.25) is 0 Å². The van der Waals surface area contributed by atoms with Gasteiger partial charge in [-0.3, -0.25) is 4.21 Å². The molecule has 1 saturated heterocycles. The lowest BCUT2D eigenvalue weighted by molar-refractivity contribution is -0.139. The van der Waals surface area contributed by atoms with E-state index in [1.807, 2.05) is 0 Å². The van der Waals surface area contributed by atoms with Crippen molar-refractivity contribution in [2.24, 2.45) is 0 Å². The van der Waals surface area contributed by atoms with E-state index in [0.29, 0.717) is 24.6 Å². The monoisotopic (exact) mass is 326 g/mol. The van der Waals surface area contributed by atoms with Crippen LogP contribution in [-0.4, -0.2) is 77.3 Å². The summed E-state index contributed by atoms with van der Waals surface area (Å²) >= 11 is 0. The molecule has 0 spiro atoms. The molecule has 1 heterocycles.